The monoisotopic (exact) mass is 480 g/mol. The average molecular weight is 481 g/mol. The fourth-order valence-electron chi connectivity index (χ4n) is 8.81. The molecule has 4 aliphatic carbocycles. The Hall–Kier alpha value is -1.10. The van der Waals surface area contributed by atoms with Gasteiger partial charge in [0.2, 0.25) is 5.79 Å². The SMILES string of the molecule is C[C@]12CCC(=NOCCN)C=C1CC[C@H]1[C@@H]3CC[C@@]4(OCOC45COCO5)[C@@]3(C)C[C@H](O)[C@@]12F. The van der Waals surface area contributed by atoms with E-state index in [1.54, 1.807) is 0 Å². The van der Waals surface area contributed by atoms with Crippen molar-refractivity contribution in [3.05, 3.63) is 11.6 Å². The molecule has 3 saturated carbocycles. The Balaban J connectivity index is 1.36. The lowest BCUT2D eigenvalue weighted by atomic mass is 9.43. The third kappa shape index (κ3) is 2.66. The van der Waals surface area contributed by atoms with Crippen LogP contribution in [0.4, 0.5) is 4.39 Å². The van der Waals surface area contributed by atoms with Gasteiger partial charge in [-0.25, -0.2) is 4.39 Å². The van der Waals surface area contributed by atoms with Gasteiger partial charge < -0.3 is 34.6 Å². The van der Waals surface area contributed by atoms with Gasteiger partial charge in [0, 0.05) is 23.3 Å². The number of rotatable bonds is 3. The summed E-state index contributed by atoms with van der Waals surface area (Å²) >= 11 is 0. The number of fused-ring (bicyclic) bond motifs is 7. The summed E-state index contributed by atoms with van der Waals surface area (Å²) in [6.45, 7) is 5.52. The van der Waals surface area contributed by atoms with Crippen LogP contribution in [0.3, 0.4) is 0 Å². The van der Waals surface area contributed by atoms with E-state index in [4.69, 9.17) is 29.5 Å². The number of halogens is 1. The van der Waals surface area contributed by atoms with E-state index in [1.165, 1.54) is 0 Å². The summed E-state index contributed by atoms with van der Waals surface area (Å²) in [4.78, 5) is 5.28. The van der Waals surface area contributed by atoms with Crippen molar-refractivity contribution in [1.82, 2.24) is 0 Å². The second kappa shape index (κ2) is 7.70. The standard InChI is InChI=1S/C25H37FN2O6/c1-21-7-5-17(28-34-10-9-27)11-16(21)3-4-19-18-6-8-23(22(18,2)12-20(29)25(19,21)26)24(33-15-31-23)13-30-14-32-24/h11,18-20,29H,3-10,12-15,27H2,1-2H3/t18-,19-,20-,21-,22-,23+,24?,25-/m0/s1. The van der Waals surface area contributed by atoms with Crippen molar-refractivity contribution in [3.8, 4) is 0 Å². The lowest BCUT2D eigenvalue weighted by molar-refractivity contribution is -0.273. The minimum atomic E-state index is -1.71. The van der Waals surface area contributed by atoms with Gasteiger partial charge in [0.15, 0.2) is 13.6 Å². The maximum atomic E-state index is 17.5. The third-order valence-corrected chi connectivity index (χ3v) is 10.4. The van der Waals surface area contributed by atoms with Gasteiger partial charge in [0.05, 0.1) is 11.8 Å². The molecule has 6 rings (SSSR count). The molecule has 1 unspecified atom stereocenters. The molecule has 9 heteroatoms. The maximum absolute atomic E-state index is 17.5. The van der Waals surface area contributed by atoms with Gasteiger partial charge in [0.25, 0.3) is 0 Å². The van der Waals surface area contributed by atoms with Gasteiger partial charge in [-0.15, -0.1) is 0 Å². The Labute approximate surface area is 199 Å². The van der Waals surface area contributed by atoms with Crippen molar-refractivity contribution < 1.29 is 33.3 Å². The summed E-state index contributed by atoms with van der Waals surface area (Å²) < 4.78 is 41.5. The van der Waals surface area contributed by atoms with Crippen LogP contribution in [0.2, 0.25) is 0 Å². The highest BCUT2D eigenvalue weighted by molar-refractivity contribution is 5.96. The summed E-state index contributed by atoms with van der Waals surface area (Å²) in [5, 5.41) is 15.9. The highest BCUT2D eigenvalue weighted by atomic mass is 19.1. The lowest BCUT2D eigenvalue weighted by Crippen LogP contribution is -2.71. The Bertz CT molecular complexity index is 902. The number of alkyl halides is 1. The van der Waals surface area contributed by atoms with Crippen molar-refractivity contribution in [2.45, 2.75) is 82.0 Å². The highest BCUT2D eigenvalue weighted by Crippen LogP contribution is 2.73. The van der Waals surface area contributed by atoms with Crippen molar-refractivity contribution in [2.75, 3.05) is 33.3 Å². The van der Waals surface area contributed by atoms with E-state index in [2.05, 4.69) is 12.1 Å². The molecule has 34 heavy (non-hydrogen) atoms. The molecular formula is C25H37FN2O6. The number of allylic oxidation sites excluding steroid dienone is 2. The molecule has 2 heterocycles. The van der Waals surface area contributed by atoms with E-state index in [1.807, 2.05) is 13.0 Å². The number of nitrogens with zero attached hydrogens (tertiary/aromatic N) is 1. The topological polar surface area (TPSA) is 105 Å². The van der Waals surface area contributed by atoms with Crippen LogP contribution in [0.1, 0.15) is 58.8 Å². The van der Waals surface area contributed by atoms with Gasteiger partial charge in [0.1, 0.15) is 24.5 Å². The number of oxime groups is 1. The quantitative estimate of drug-likeness (QED) is 0.473. The van der Waals surface area contributed by atoms with Crippen molar-refractivity contribution in [3.63, 3.8) is 0 Å². The molecule has 0 amide bonds. The van der Waals surface area contributed by atoms with E-state index >= 15 is 4.39 Å². The Kier molecular flexibility index (Phi) is 5.28. The lowest BCUT2D eigenvalue weighted by Gasteiger charge is -2.64. The summed E-state index contributed by atoms with van der Waals surface area (Å²) in [5.41, 5.74) is 3.68. The molecule has 0 radical (unpaired) electrons. The average Bonchev–Trinajstić information content (AvgIpc) is 3.51. The van der Waals surface area contributed by atoms with Crippen LogP contribution in [-0.2, 0) is 23.8 Å². The number of hydrogen-bond acceptors (Lipinski definition) is 8. The molecular weight excluding hydrogens is 443 g/mol. The molecule has 5 fully saturated rings. The van der Waals surface area contributed by atoms with Gasteiger partial charge in [-0.1, -0.05) is 24.6 Å². The zero-order chi connectivity index (χ0) is 23.8. The van der Waals surface area contributed by atoms with Crippen molar-refractivity contribution in [2.24, 2.45) is 33.6 Å². The molecule has 0 aromatic heterocycles. The number of aliphatic hydroxyl groups excluding tert-OH is 1. The first-order valence-electron chi connectivity index (χ1n) is 12.7. The highest BCUT2D eigenvalue weighted by Gasteiger charge is 2.79. The first kappa shape index (κ1) is 23.3. The van der Waals surface area contributed by atoms with E-state index in [0.29, 0.717) is 51.9 Å². The van der Waals surface area contributed by atoms with E-state index in [0.717, 1.165) is 24.1 Å². The Morgan fingerprint density at radius 1 is 1.15 bits per heavy atom. The molecule has 0 bridgehead atoms. The number of ether oxygens (including phenoxy) is 4. The van der Waals surface area contributed by atoms with Crippen LogP contribution in [-0.4, -0.2) is 67.3 Å². The van der Waals surface area contributed by atoms with Crippen molar-refractivity contribution >= 4 is 5.71 Å². The number of hydrogen-bond donors (Lipinski definition) is 2. The summed E-state index contributed by atoms with van der Waals surface area (Å²) in [7, 11) is 0. The zero-order valence-electron chi connectivity index (χ0n) is 20.2. The minimum absolute atomic E-state index is 0.0602. The normalized spacial score (nSPS) is 53.1. The molecule has 2 aliphatic heterocycles. The molecule has 8 atom stereocenters. The van der Waals surface area contributed by atoms with Gasteiger partial charge in [-0.05, 0) is 56.9 Å². The Morgan fingerprint density at radius 2 is 1.97 bits per heavy atom. The van der Waals surface area contributed by atoms with Crippen LogP contribution >= 0.6 is 0 Å². The third-order valence-electron chi connectivity index (χ3n) is 10.4. The molecule has 190 valence electrons. The largest absolute Gasteiger partial charge is 0.394 e. The van der Waals surface area contributed by atoms with E-state index in [9.17, 15) is 5.11 Å². The maximum Gasteiger partial charge on any atom is 0.226 e. The van der Waals surface area contributed by atoms with Crippen LogP contribution in [0.25, 0.3) is 0 Å². The van der Waals surface area contributed by atoms with Crippen LogP contribution in [0, 0.1) is 22.7 Å². The molecule has 2 spiro atoms. The second-order valence-corrected chi connectivity index (χ2v) is 11.5. The predicted molar refractivity (Wildman–Crippen MR) is 120 cm³/mol. The molecule has 6 aliphatic rings. The minimum Gasteiger partial charge on any atom is -0.394 e. The predicted octanol–water partition coefficient (Wildman–Crippen LogP) is 2.79. The molecule has 2 saturated heterocycles. The summed E-state index contributed by atoms with van der Waals surface area (Å²) in [5.74, 6) is -1.18. The zero-order valence-corrected chi connectivity index (χ0v) is 20.2. The van der Waals surface area contributed by atoms with Crippen molar-refractivity contribution in [1.29, 1.82) is 0 Å². The van der Waals surface area contributed by atoms with Gasteiger partial charge in [-0.3, -0.25) is 0 Å². The second-order valence-electron chi connectivity index (χ2n) is 11.5. The summed E-state index contributed by atoms with van der Waals surface area (Å²) in [6.07, 6.45) is 5.43. The fraction of sp³-hybridized carbons (Fsp3) is 0.880. The van der Waals surface area contributed by atoms with Gasteiger partial charge in [-0.2, -0.15) is 0 Å². The number of nitrogens with two attached hydrogens (primary N) is 1. The first-order chi connectivity index (χ1) is 16.3. The Morgan fingerprint density at radius 3 is 2.74 bits per heavy atom. The van der Waals surface area contributed by atoms with Gasteiger partial charge >= 0.3 is 0 Å². The molecule has 8 nitrogen and oxygen atoms in total. The fourth-order valence-corrected chi connectivity index (χ4v) is 8.81. The molecule has 0 aromatic rings. The molecule has 3 N–H and O–H groups in total. The first-order valence-corrected chi connectivity index (χ1v) is 12.7. The van der Waals surface area contributed by atoms with Crippen LogP contribution < -0.4 is 5.73 Å². The van der Waals surface area contributed by atoms with E-state index < -0.39 is 34.0 Å². The smallest absolute Gasteiger partial charge is 0.226 e. The van der Waals surface area contributed by atoms with Crippen LogP contribution in [0.5, 0.6) is 0 Å². The van der Waals surface area contributed by atoms with Crippen LogP contribution in [0.15, 0.2) is 16.8 Å². The number of aliphatic hydroxyl groups is 1. The summed E-state index contributed by atoms with van der Waals surface area (Å²) in [6, 6.07) is 0. The van der Waals surface area contributed by atoms with E-state index in [-0.39, 0.29) is 25.4 Å². The molecule has 0 aromatic carbocycles.